The average molecular weight is 389 g/mol. The first-order chi connectivity index (χ1) is 12.5. The third kappa shape index (κ3) is 3.62. The zero-order chi connectivity index (χ0) is 18.7. The number of hydrogen-bond acceptors (Lipinski definition) is 2. The van der Waals surface area contributed by atoms with Crippen LogP contribution in [0.2, 0.25) is 10.0 Å². The molecule has 1 aliphatic heterocycles. The molecule has 0 spiro atoms. The van der Waals surface area contributed by atoms with Crippen LogP contribution in [0, 0.1) is 0 Å². The number of halogens is 2. The third-order valence-electron chi connectivity index (χ3n) is 4.44. The minimum atomic E-state index is -0.117. The smallest absolute Gasteiger partial charge is 0.254 e. The number of hydrogen-bond donors (Lipinski definition) is 0. The molecular weight excluding hydrogens is 371 g/mol. The SMILES string of the molecule is C=CC(=O)N1CCN(C(=O)c2cccc(Cl)c2-c2ccccc2Cl)CC1. The highest BCUT2D eigenvalue weighted by molar-refractivity contribution is 6.37. The van der Waals surface area contributed by atoms with Gasteiger partial charge < -0.3 is 9.80 Å². The zero-order valence-corrected chi connectivity index (χ0v) is 15.6. The summed E-state index contributed by atoms with van der Waals surface area (Å²) in [5.41, 5.74) is 1.87. The van der Waals surface area contributed by atoms with Gasteiger partial charge in [-0.3, -0.25) is 9.59 Å². The number of rotatable bonds is 3. The van der Waals surface area contributed by atoms with E-state index in [1.165, 1.54) is 6.08 Å². The number of carbonyl (C=O) groups is 2. The van der Waals surface area contributed by atoms with Crippen molar-refractivity contribution in [3.05, 3.63) is 70.7 Å². The van der Waals surface area contributed by atoms with Crippen molar-refractivity contribution in [2.45, 2.75) is 0 Å². The van der Waals surface area contributed by atoms with Crippen LogP contribution < -0.4 is 0 Å². The van der Waals surface area contributed by atoms with Gasteiger partial charge in [-0.1, -0.05) is 54.0 Å². The van der Waals surface area contributed by atoms with Crippen LogP contribution in [0.4, 0.5) is 0 Å². The summed E-state index contributed by atoms with van der Waals surface area (Å²) < 4.78 is 0. The fourth-order valence-corrected chi connectivity index (χ4v) is 3.58. The van der Waals surface area contributed by atoms with E-state index >= 15 is 0 Å². The lowest BCUT2D eigenvalue weighted by molar-refractivity contribution is -0.127. The number of carbonyl (C=O) groups excluding carboxylic acids is 2. The van der Waals surface area contributed by atoms with Crippen LogP contribution in [-0.2, 0) is 4.79 Å². The molecule has 1 saturated heterocycles. The summed E-state index contributed by atoms with van der Waals surface area (Å²) in [6.45, 7) is 5.40. The van der Waals surface area contributed by atoms with E-state index in [0.29, 0.717) is 47.4 Å². The second-order valence-electron chi connectivity index (χ2n) is 5.96. The van der Waals surface area contributed by atoms with Gasteiger partial charge in [0.1, 0.15) is 0 Å². The molecule has 3 rings (SSSR count). The molecule has 0 aromatic heterocycles. The van der Waals surface area contributed by atoms with E-state index in [4.69, 9.17) is 23.2 Å². The second kappa shape index (κ2) is 7.94. The van der Waals surface area contributed by atoms with Gasteiger partial charge in [0.2, 0.25) is 5.91 Å². The standard InChI is InChI=1S/C20H18Cl2N2O2/c1-2-18(25)23-10-12-24(13-11-23)20(26)15-7-5-9-17(22)19(15)14-6-3-4-8-16(14)21/h2-9H,1,10-13H2. The Morgan fingerprint density at radius 2 is 1.50 bits per heavy atom. The van der Waals surface area contributed by atoms with Crippen LogP contribution >= 0.6 is 23.2 Å². The molecule has 2 aromatic carbocycles. The molecular formula is C20H18Cl2N2O2. The fourth-order valence-electron chi connectivity index (χ4n) is 3.07. The molecule has 0 aliphatic carbocycles. The average Bonchev–Trinajstić information content (AvgIpc) is 2.67. The largest absolute Gasteiger partial charge is 0.336 e. The van der Waals surface area contributed by atoms with Crippen molar-refractivity contribution in [2.24, 2.45) is 0 Å². The normalized spacial score (nSPS) is 14.2. The van der Waals surface area contributed by atoms with Gasteiger partial charge in [-0.2, -0.15) is 0 Å². The van der Waals surface area contributed by atoms with Gasteiger partial charge in [0.25, 0.3) is 5.91 Å². The highest BCUT2D eigenvalue weighted by atomic mass is 35.5. The summed E-state index contributed by atoms with van der Waals surface area (Å²) in [7, 11) is 0. The summed E-state index contributed by atoms with van der Waals surface area (Å²) in [5, 5.41) is 1.01. The first kappa shape index (κ1) is 18.5. The number of benzene rings is 2. The minimum Gasteiger partial charge on any atom is -0.336 e. The molecule has 6 heteroatoms. The number of piperazine rings is 1. The first-order valence-corrected chi connectivity index (χ1v) is 9.02. The van der Waals surface area contributed by atoms with E-state index in [-0.39, 0.29) is 11.8 Å². The maximum Gasteiger partial charge on any atom is 0.254 e. The van der Waals surface area contributed by atoms with E-state index in [9.17, 15) is 9.59 Å². The van der Waals surface area contributed by atoms with Crippen molar-refractivity contribution in [3.63, 3.8) is 0 Å². The van der Waals surface area contributed by atoms with E-state index < -0.39 is 0 Å². The van der Waals surface area contributed by atoms with Crippen molar-refractivity contribution in [3.8, 4) is 11.1 Å². The number of nitrogens with zero attached hydrogens (tertiary/aromatic N) is 2. The Bertz CT molecular complexity index is 859. The molecule has 1 aliphatic rings. The molecule has 1 heterocycles. The molecule has 0 saturated carbocycles. The molecule has 0 N–H and O–H groups in total. The Kier molecular flexibility index (Phi) is 5.64. The van der Waals surface area contributed by atoms with Crippen molar-refractivity contribution in [1.82, 2.24) is 9.80 Å². The quantitative estimate of drug-likeness (QED) is 0.741. The van der Waals surface area contributed by atoms with Gasteiger partial charge >= 0.3 is 0 Å². The van der Waals surface area contributed by atoms with Crippen LogP contribution in [0.3, 0.4) is 0 Å². The van der Waals surface area contributed by atoms with Gasteiger partial charge in [0.15, 0.2) is 0 Å². The van der Waals surface area contributed by atoms with Crippen LogP contribution in [0.1, 0.15) is 10.4 Å². The van der Waals surface area contributed by atoms with Crippen LogP contribution in [-0.4, -0.2) is 47.8 Å². The van der Waals surface area contributed by atoms with E-state index in [1.807, 2.05) is 18.2 Å². The molecule has 26 heavy (non-hydrogen) atoms. The van der Waals surface area contributed by atoms with Gasteiger partial charge in [0, 0.05) is 52.9 Å². The molecule has 0 unspecified atom stereocenters. The van der Waals surface area contributed by atoms with Gasteiger partial charge in [-0.25, -0.2) is 0 Å². The molecule has 0 bridgehead atoms. The maximum absolute atomic E-state index is 13.1. The zero-order valence-electron chi connectivity index (χ0n) is 14.1. The third-order valence-corrected chi connectivity index (χ3v) is 5.08. The van der Waals surface area contributed by atoms with Crippen molar-refractivity contribution < 1.29 is 9.59 Å². The van der Waals surface area contributed by atoms with Gasteiger partial charge in [0.05, 0.1) is 0 Å². The lowest BCUT2D eigenvalue weighted by Crippen LogP contribution is -2.50. The molecule has 1 fully saturated rings. The summed E-state index contributed by atoms with van der Waals surface area (Å²) >= 11 is 12.7. The maximum atomic E-state index is 13.1. The lowest BCUT2D eigenvalue weighted by Gasteiger charge is -2.34. The van der Waals surface area contributed by atoms with Gasteiger partial charge in [-0.15, -0.1) is 0 Å². The Morgan fingerprint density at radius 1 is 0.885 bits per heavy atom. The van der Waals surface area contributed by atoms with Crippen molar-refractivity contribution in [2.75, 3.05) is 26.2 Å². The van der Waals surface area contributed by atoms with E-state index in [0.717, 1.165) is 5.56 Å². The van der Waals surface area contributed by atoms with Crippen molar-refractivity contribution >= 4 is 35.0 Å². The summed E-state index contributed by atoms with van der Waals surface area (Å²) in [5.74, 6) is -0.232. The predicted molar refractivity (Wildman–Crippen MR) is 105 cm³/mol. The second-order valence-corrected chi connectivity index (χ2v) is 6.78. The van der Waals surface area contributed by atoms with Crippen LogP contribution in [0.15, 0.2) is 55.1 Å². The van der Waals surface area contributed by atoms with E-state index in [1.54, 1.807) is 34.1 Å². The lowest BCUT2D eigenvalue weighted by atomic mass is 9.98. The monoisotopic (exact) mass is 388 g/mol. The molecule has 134 valence electrons. The topological polar surface area (TPSA) is 40.6 Å². The Hall–Kier alpha value is -2.30. The summed E-state index contributed by atoms with van der Waals surface area (Å²) in [4.78, 5) is 28.2. The number of amides is 2. The Labute approximate surface area is 162 Å². The molecule has 4 nitrogen and oxygen atoms in total. The van der Waals surface area contributed by atoms with E-state index in [2.05, 4.69) is 6.58 Å². The molecule has 2 aromatic rings. The summed E-state index contributed by atoms with van der Waals surface area (Å²) in [6, 6.07) is 12.6. The minimum absolute atomic E-state index is 0.114. The molecule has 0 radical (unpaired) electrons. The highest BCUT2D eigenvalue weighted by Gasteiger charge is 2.26. The Morgan fingerprint density at radius 3 is 2.15 bits per heavy atom. The predicted octanol–water partition coefficient (Wildman–Crippen LogP) is 4.13. The van der Waals surface area contributed by atoms with Crippen molar-refractivity contribution in [1.29, 1.82) is 0 Å². The van der Waals surface area contributed by atoms with Crippen LogP contribution in [0.5, 0.6) is 0 Å². The van der Waals surface area contributed by atoms with Crippen LogP contribution in [0.25, 0.3) is 11.1 Å². The fraction of sp³-hybridized carbons (Fsp3) is 0.200. The summed E-state index contributed by atoms with van der Waals surface area (Å²) in [6.07, 6.45) is 1.30. The van der Waals surface area contributed by atoms with Gasteiger partial charge in [-0.05, 0) is 24.3 Å². The molecule has 0 atom stereocenters. The molecule has 2 amide bonds. The highest BCUT2D eigenvalue weighted by Crippen LogP contribution is 2.36. The Balaban J connectivity index is 1.90. The first-order valence-electron chi connectivity index (χ1n) is 8.27.